The molecule has 1 aromatic carbocycles. The van der Waals surface area contributed by atoms with Gasteiger partial charge in [-0.15, -0.1) is 0 Å². The molecule has 1 saturated heterocycles. The van der Waals surface area contributed by atoms with Crippen LogP contribution in [0.25, 0.3) is 0 Å². The molecule has 0 amide bonds. The third-order valence-corrected chi connectivity index (χ3v) is 6.21. The summed E-state index contributed by atoms with van der Waals surface area (Å²) in [4.78, 5) is 9.94. The summed E-state index contributed by atoms with van der Waals surface area (Å²) in [6, 6.07) is 15.2. The molecule has 154 valence electrons. The monoisotopic (exact) mass is 390 g/mol. The van der Waals surface area contributed by atoms with Gasteiger partial charge in [0, 0.05) is 50.7 Å². The highest BCUT2D eigenvalue weighted by atomic mass is 15.3. The van der Waals surface area contributed by atoms with Crippen molar-refractivity contribution in [2.45, 2.75) is 58.5 Å². The Morgan fingerprint density at radius 3 is 2.38 bits per heavy atom. The summed E-state index contributed by atoms with van der Waals surface area (Å²) in [7, 11) is 0. The molecule has 4 heteroatoms. The van der Waals surface area contributed by atoms with E-state index in [4.69, 9.17) is 10.2 Å². The van der Waals surface area contributed by atoms with Crippen molar-refractivity contribution >= 4 is 0 Å². The van der Waals surface area contributed by atoms with Crippen LogP contribution in [0.15, 0.2) is 42.6 Å². The minimum Gasteiger partial charge on any atom is -0.298 e. The Morgan fingerprint density at radius 1 is 1.00 bits per heavy atom. The Bertz CT molecular complexity index is 781. The second-order valence-electron chi connectivity index (χ2n) is 8.05. The maximum absolute atomic E-state index is 8.92. The van der Waals surface area contributed by atoms with E-state index in [0.717, 1.165) is 50.5 Å². The van der Waals surface area contributed by atoms with Gasteiger partial charge in [0.25, 0.3) is 0 Å². The van der Waals surface area contributed by atoms with Crippen molar-refractivity contribution < 1.29 is 0 Å². The van der Waals surface area contributed by atoms with Crippen LogP contribution in [0.4, 0.5) is 0 Å². The molecular weight excluding hydrogens is 356 g/mol. The largest absolute Gasteiger partial charge is 0.298 e. The van der Waals surface area contributed by atoms with Crippen LogP contribution in [-0.2, 0) is 19.4 Å². The Labute approximate surface area is 176 Å². The molecule has 1 aliphatic rings. The third-order valence-electron chi connectivity index (χ3n) is 6.21. The molecule has 0 radical (unpaired) electrons. The first-order chi connectivity index (χ1) is 14.2. The first kappa shape index (κ1) is 21.5. The second-order valence-corrected chi connectivity index (χ2v) is 8.05. The lowest BCUT2D eigenvalue weighted by Gasteiger charge is -2.39. The molecule has 0 aliphatic carbocycles. The van der Waals surface area contributed by atoms with Crippen molar-refractivity contribution in [3.63, 3.8) is 0 Å². The van der Waals surface area contributed by atoms with Crippen molar-refractivity contribution in [2.24, 2.45) is 0 Å². The molecule has 1 fully saturated rings. The number of piperazine rings is 1. The molecule has 4 nitrogen and oxygen atoms in total. The Morgan fingerprint density at radius 2 is 1.72 bits per heavy atom. The third kappa shape index (κ3) is 6.13. The van der Waals surface area contributed by atoms with Gasteiger partial charge < -0.3 is 0 Å². The standard InChI is InChI=1S/C25H34N4/c1-3-24(4-2)29-17-15-28(16-18-29)20-23-8-6-14-27-25(23)9-5-7-21-10-12-22(19-26)13-11-21/h6,8,10-14,24H,3-5,7,9,15-18,20H2,1-2H3. The van der Waals surface area contributed by atoms with E-state index in [-0.39, 0.29) is 0 Å². The fourth-order valence-corrected chi connectivity index (χ4v) is 4.38. The lowest BCUT2D eigenvalue weighted by Crippen LogP contribution is -2.49. The van der Waals surface area contributed by atoms with Crippen LogP contribution in [-0.4, -0.2) is 47.0 Å². The van der Waals surface area contributed by atoms with Gasteiger partial charge in [0.15, 0.2) is 0 Å². The zero-order valence-electron chi connectivity index (χ0n) is 18.0. The van der Waals surface area contributed by atoms with Gasteiger partial charge in [-0.1, -0.05) is 32.0 Å². The van der Waals surface area contributed by atoms with Gasteiger partial charge in [0.1, 0.15) is 0 Å². The predicted octanol–water partition coefficient (Wildman–Crippen LogP) is 4.43. The summed E-state index contributed by atoms with van der Waals surface area (Å²) in [6.45, 7) is 10.3. The van der Waals surface area contributed by atoms with Crippen LogP contribution >= 0.6 is 0 Å². The van der Waals surface area contributed by atoms with Gasteiger partial charge in [-0.2, -0.15) is 5.26 Å². The van der Waals surface area contributed by atoms with Crippen LogP contribution < -0.4 is 0 Å². The number of nitrogens with zero attached hydrogens (tertiary/aromatic N) is 4. The molecule has 2 aromatic rings. The second kappa shape index (κ2) is 11.1. The predicted molar refractivity (Wildman–Crippen MR) is 119 cm³/mol. The lowest BCUT2D eigenvalue weighted by atomic mass is 10.0. The van der Waals surface area contributed by atoms with Gasteiger partial charge in [-0.05, 0) is 61.4 Å². The van der Waals surface area contributed by atoms with E-state index in [2.05, 4.69) is 54.0 Å². The molecule has 1 aromatic heterocycles. The topological polar surface area (TPSA) is 43.2 Å². The quantitative estimate of drug-likeness (QED) is 0.635. The number of hydrogen-bond donors (Lipinski definition) is 0. The SMILES string of the molecule is CCC(CC)N1CCN(Cc2cccnc2CCCc2ccc(C#N)cc2)CC1. The Hall–Kier alpha value is -2.22. The summed E-state index contributed by atoms with van der Waals surface area (Å²) in [5, 5.41) is 8.92. The highest BCUT2D eigenvalue weighted by Crippen LogP contribution is 2.17. The summed E-state index contributed by atoms with van der Waals surface area (Å²) in [6.07, 6.45) is 7.54. The van der Waals surface area contributed by atoms with E-state index in [1.807, 2.05) is 18.3 Å². The van der Waals surface area contributed by atoms with Crippen LogP contribution in [0.1, 0.15) is 55.5 Å². The van der Waals surface area contributed by atoms with E-state index < -0.39 is 0 Å². The van der Waals surface area contributed by atoms with E-state index in [1.165, 1.54) is 42.8 Å². The number of aryl methyl sites for hydroxylation is 2. The van der Waals surface area contributed by atoms with Gasteiger partial charge >= 0.3 is 0 Å². The summed E-state index contributed by atoms with van der Waals surface area (Å²) < 4.78 is 0. The van der Waals surface area contributed by atoms with Crippen LogP contribution in [0, 0.1) is 11.3 Å². The number of nitriles is 1. The summed E-state index contributed by atoms with van der Waals surface area (Å²) in [5.74, 6) is 0. The molecule has 29 heavy (non-hydrogen) atoms. The number of hydrogen-bond acceptors (Lipinski definition) is 4. The molecule has 0 spiro atoms. The molecule has 0 N–H and O–H groups in total. The molecule has 3 rings (SSSR count). The number of rotatable bonds is 9. The minimum atomic E-state index is 0.727. The van der Waals surface area contributed by atoms with Crippen LogP contribution in [0.2, 0.25) is 0 Å². The average Bonchev–Trinajstić information content (AvgIpc) is 2.77. The first-order valence-electron chi connectivity index (χ1n) is 11.1. The zero-order valence-corrected chi connectivity index (χ0v) is 18.0. The van der Waals surface area contributed by atoms with Crippen LogP contribution in [0.5, 0.6) is 0 Å². The Kier molecular flexibility index (Phi) is 8.22. The van der Waals surface area contributed by atoms with Gasteiger partial charge in [-0.25, -0.2) is 0 Å². The summed E-state index contributed by atoms with van der Waals surface area (Å²) in [5.41, 5.74) is 4.64. The van der Waals surface area contributed by atoms with E-state index in [1.54, 1.807) is 0 Å². The maximum atomic E-state index is 8.92. The number of pyridine rings is 1. The molecule has 1 aliphatic heterocycles. The van der Waals surface area contributed by atoms with Gasteiger partial charge in [0.05, 0.1) is 11.6 Å². The highest BCUT2D eigenvalue weighted by molar-refractivity contribution is 5.31. The van der Waals surface area contributed by atoms with E-state index in [9.17, 15) is 0 Å². The highest BCUT2D eigenvalue weighted by Gasteiger charge is 2.22. The van der Waals surface area contributed by atoms with Gasteiger partial charge in [0.2, 0.25) is 0 Å². The van der Waals surface area contributed by atoms with Crippen molar-refractivity contribution in [3.8, 4) is 6.07 Å². The van der Waals surface area contributed by atoms with Crippen molar-refractivity contribution in [3.05, 3.63) is 65.0 Å². The minimum absolute atomic E-state index is 0.727. The number of aromatic nitrogens is 1. The zero-order chi connectivity index (χ0) is 20.5. The number of benzene rings is 1. The maximum Gasteiger partial charge on any atom is 0.0991 e. The van der Waals surface area contributed by atoms with Crippen LogP contribution in [0.3, 0.4) is 0 Å². The van der Waals surface area contributed by atoms with E-state index >= 15 is 0 Å². The van der Waals surface area contributed by atoms with E-state index in [0.29, 0.717) is 0 Å². The molecule has 0 bridgehead atoms. The van der Waals surface area contributed by atoms with Crippen molar-refractivity contribution in [1.82, 2.24) is 14.8 Å². The average molecular weight is 391 g/mol. The first-order valence-corrected chi connectivity index (χ1v) is 11.1. The fraction of sp³-hybridized carbons (Fsp3) is 0.520. The fourth-order valence-electron chi connectivity index (χ4n) is 4.38. The normalized spacial score (nSPS) is 15.5. The van der Waals surface area contributed by atoms with Crippen molar-refractivity contribution in [2.75, 3.05) is 26.2 Å². The molecular formula is C25H34N4. The molecule has 2 heterocycles. The summed E-state index contributed by atoms with van der Waals surface area (Å²) >= 11 is 0. The molecule has 0 atom stereocenters. The molecule has 0 unspecified atom stereocenters. The van der Waals surface area contributed by atoms with Crippen molar-refractivity contribution in [1.29, 1.82) is 5.26 Å². The molecule has 0 saturated carbocycles. The lowest BCUT2D eigenvalue weighted by molar-refractivity contribution is 0.0879. The van der Waals surface area contributed by atoms with Gasteiger partial charge in [-0.3, -0.25) is 14.8 Å². The smallest absolute Gasteiger partial charge is 0.0991 e. The Balaban J connectivity index is 1.51.